The number of unbranched alkanes of at least 4 members (excludes halogenated alkanes) is 1. The zero-order valence-corrected chi connectivity index (χ0v) is 11.0. The lowest BCUT2D eigenvalue weighted by Crippen LogP contribution is -1.90. The third-order valence-electron chi connectivity index (χ3n) is 1.78. The second-order valence-electron chi connectivity index (χ2n) is 3.09. The lowest BCUT2D eigenvalue weighted by atomic mass is 10.3. The van der Waals surface area contributed by atoms with Crippen molar-refractivity contribution in [2.75, 3.05) is 39.3 Å². The van der Waals surface area contributed by atoms with Crippen molar-refractivity contribution < 1.29 is 0 Å². The van der Waals surface area contributed by atoms with Crippen LogP contribution in [0.4, 0.5) is 0 Å². The zero-order chi connectivity index (χ0) is 11.8. The van der Waals surface area contributed by atoms with Gasteiger partial charge in [-0.3, -0.25) is 0 Å². The summed E-state index contributed by atoms with van der Waals surface area (Å²) in [5.74, 6) is 0. The van der Waals surface area contributed by atoms with Crippen LogP contribution in [-0.2, 0) is 0 Å². The normalized spacial score (nSPS) is 9.60. The van der Waals surface area contributed by atoms with E-state index in [1.165, 1.54) is 12.8 Å². The molecule has 0 aromatic heterocycles. The van der Waals surface area contributed by atoms with Crippen LogP contribution < -0.4 is 0 Å². The Bertz CT molecular complexity index is 76.9. The Morgan fingerprint density at radius 2 is 0.867 bits per heavy atom. The van der Waals surface area contributed by atoms with Crippen LogP contribution in [0.2, 0.25) is 0 Å². The Morgan fingerprint density at radius 1 is 0.533 bits per heavy atom. The summed E-state index contributed by atoms with van der Waals surface area (Å²) in [5, 5.41) is 12.4. The van der Waals surface area contributed by atoms with E-state index in [-0.39, 0.29) is 0 Å². The predicted octanol–water partition coefficient (Wildman–Crippen LogP) is 3.95. The van der Waals surface area contributed by atoms with Gasteiger partial charge in [-0.15, -0.1) is 13.1 Å². The molecule has 0 spiro atoms. The van der Waals surface area contributed by atoms with Crippen LogP contribution in [0.3, 0.4) is 0 Å². The Labute approximate surface area is 96.4 Å². The van der Waals surface area contributed by atoms with E-state index in [2.05, 4.69) is 29.8 Å². The van der Waals surface area contributed by atoms with E-state index in [1.807, 2.05) is 13.8 Å². The average Bonchev–Trinajstić information content (AvgIpc) is 2.25. The fourth-order valence-electron chi connectivity index (χ4n) is 0.987. The van der Waals surface area contributed by atoms with Crippen LogP contribution in [0.25, 0.3) is 16.0 Å². The summed E-state index contributed by atoms with van der Waals surface area (Å²) in [7, 11) is 0. The summed E-state index contributed by atoms with van der Waals surface area (Å²) in [6.45, 7) is 14.2. The van der Waals surface area contributed by atoms with Gasteiger partial charge < -0.3 is 16.0 Å². The van der Waals surface area contributed by atoms with Crippen LogP contribution in [-0.4, -0.2) is 39.3 Å². The average molecular weight is 214 g/mol. The molecule has 0 amide bonds. The maximum absolute atomic E-state index is 4.23. The van der Waals surface area contributed by atoms with Gasteiger partial charge in [0.15, 0.2) is 0 Å². The van der Waals surface area contributed by atoms with E-state index in [1.54, 1.807) is 0 Å². The summed E-state index contributed by atoms with van der Waals surface area (Å²) in [5.41, 5.74) is 0. The van der Waals surface area contributed by atoms with Gasteiger partial charge in [0, 0.05) is 0 Å². The Balaban J connectivity index is 0. The maximum Gasteiger partial charge on any atom is -0.0739 e. The molecule has 0 N–H and O–H groups in total. The van der Waals surface area contributed by atoms with Crippen molar-refractivity contribution in [2.24, 2.45) is 0 Å². The van der Waals surface area contributed by atoms with E-state index >= 15 is 0 Å². The smallest absolute Gasteiger partial charge is 0.0739 e. The Kier molecular flexibility index (Phi) is 22.4. The topological polar surface area (TPSA) is 42.3 Å². The van der Waals surface area contributed by atoms with Crippen LogP contribution in [0.1, 0.15) is 40.5 Å². The molecule has 3 nitrogen and oxygen atoms in total. The van der Waals surface area contributed by atoms with Crippen molar-refractivity contribution >= 4 is 0 Å². The van der Waals surface area contributed by atoms with Crippen LogP contribution in [0, 0.1) is 0 Å². The van der Waals surface area contributed by atoms with E-state index in [0.29, 0.717) is 0 Å². The second-order valence-corrected chi connectivity index (χ2v) is 3.09. The lowest BCUT2D eigenvalue weighted by molar-refractivity contribution is 0.796. The molecule has 0 atom stereocenters. The van der Waals surface area contributed by atoms with Crippen molar-refractivity contribution in [3.8, 4) is 0 Å². The van der Waals surface area contributed by atoms with Crippen LogP contribution >= 0.6 is 0 Å². The Hall–Kier alpha value is -0.120. The molecule has 0 heterocycles. The molecule has 15 heavy (non-hydrogen) atoms. The van der Waals surface area contributed by atoms with E-state index in [4.69, 9.17) is 0 Å². The van der Waals surface area contributed by atoms with Crippen molar-refractivity contribution in [2.45, 2.75) is 40.5 Å². The fourth-order valence-corrected chi connectivity index (χ4v) is 0.987. The molecular formula is C12H28N3-3. The minimum atomic E-state index is 0.963. The van der Waals surface area contributed by atoms with Crippen LogP contribution in [0.5, 0.6) is 0 Å². The number of rotatable bonds is 9. The van der Waals surface area contributed by atoms with E-state index in [0.717, 1.165) is 39.3 Å². The molecule has 0 aromatic carbocycles. The second kappa shape index (κ2) is 19.5. The number of hydrogen-bond donors (Lipinski definition) is 0. The molecule has 0 aliphatic rings. The monoisotopic (exact) mass is 214 g/mol. The molecule has 0 saturated carbocycles. The van der Waals surface area contributed by atoms with Gasteiger partial charge in [0.05, 0.1) is 0 Å². The molecule has 0 radical (unpaired) electrons. The van der Waals surface area contributed by atoms with Crippen molar-refractivity contribution in [1.29, 1.82) is 0 Å². The zero-order valence-electron chi connectivity index (χ0n) is 11.0. The number of nitrogens with zero attached hydrogens (tertiary/aromatic N) is 3. The van der Waals surface area contributed by atoms with Gasteiger partial charge in [0.25, 0.3) is 0 Å². The summed E-state index contributed by atoms with van der Waals surface area (Å²) in [6, 6.07) is 0. The molecule has 0 unspecified atom stereocenters. The molecule has 0 rings (SSSR count). The highest BCUT2D eigenvalue weighted by molar-refractivity contribution is 4.79. The first-order chi connectivity index (χ1) is 7.33. The molecule has 0 saturated heterocycles. The van der Waals surface area contributed by atoms with Gasteiger partial charge in [-0.05, 0) is 0 Å². The number of hydrogen-bond acceptors (Lipinski definition) is 0. The van der Waals surface area contributed by atoms with Crippen LogP contribution in [0.15, 0.2) is 0 Å². The minimum absolute atomic E-state index is 0.963. The highest BCUT2D eigenvalue weighted by Crippen LogP contribution is 1.97. The third-order valence-corrected chi connectivity index (χ3v) is 1.78. The first-order valence-electron chi connectivity index (χ1n) is 6.23. The Morgan fingerprint density at radius 3 is 1.07 bits per heavy atom. The van der Waals surface area contributed by atoms with Gasteiger partial charge >= 0.3 is 0 Å². The van der Waals surface area contributed by atoms with Crippen molar-refractivity contribution in [3.63, 3.8) is 0 Å². The maximum atomic E-state index is 4.23. The predicted molar refractivity (Wildman–Crippen MR) is 71.2 cm³/mol. The highest BCUT2D eigenvalue weighted by Gasteiger charge is 1.73. The third kappa shape index (κ3) is 24.8. The summed E-state index contributed by atoms with van der Waals surface area (Å²) >= 11 is 0. The van der Waals surface area contributed by atoms with Gasteiger partial charge in [0.1, 0.15) is 0 Å². The van der Waals surface area contributed by atoms with Gasteiger partial charge in [-0.1, -0.05) is 40.5 Å². The summed E-state index contributed by atoms with van der Waals surface area (Å²) < 4.78 is 0. The molecule has 94 valence electrons. The van der Waals surface area contributed by atoms with Crippen molar-refractivity contribution in [3.05, 3.63) is 16.0 Å². The first-order valence-corrected chi connectivity index (χ1v) is 6.23. The summed E-state index contributed by atoms with van der Waals surface area (Å²) in [6.07, 6.45) is 2.41. The molecule has 0 fully saturated rings. The van der Waals surface area contributed by atoms with E-state index < -0.39 is 0 Å². The van der Waals surface area contributed by atoms with E-state index in [9.17, 15) is 0 Å². The highest BCUT2D eigenvalue weighted by atomic mass is 14.9. The molecule has 0 aromatic rings. The SMILES string of the molecule is CC[N-]CC.CC[N-]CCCC[N-]CC. The van der Waals surface area contributed by atoms with Gasteiger partial charge in [-0.25, -0.2) is 0 Å². The molecular weight excluding hydrogens is 186 g/mol. The molecule has 3 heteroatoms. The molecule has 0 aliphatic heterocycles. The van der Waals surface area contributed by atoms with Gasteiger partial charge in [-0.2, -0.15) is 26.2 Å². The fraction of sp³-hybridized carbons (Fsp3) is 1.00. The molecule has 0 aliphatic carbocycles. The van der Waals surface area contributed by atoms with Crippen molar-refractivity contribution in [1.82, 2.24) is 0 Å². The summed E-state index contributed by atoms with van der Waals surface area (Å²) in [4.78, 5) is 0. The largest absolute Gasteiger partial charge is 0.663 e. The first kappa shape index (κ1) is 17.3. The minimum Gasteiger partial charge on any atom is -0.663 e. The molecule has 0 bridgehead atoms. The van der Waals surface area contributed by atoms with Gasteiger partial charge in [0.2, 0.25) is 0 Å². The lowest BCUT2D eigenvalue weighted by Gasteiger charge is -2.18. The quantitative estimate of drug-likeness (QED) is 0.521. The standard InChI is InChI=1S/C8H18N2.C4H10N/c1-3-9-7-5-6-8-10-4-2;1-3-5-4-2/h3-8H2,1-2H3;3-4H2,1-2H3/q-2;-1.